The lowest BCUT2D eigenvalue weighted by Crippen LogP contribution is -2.36. The minimum absolute atomic E-state index is 0.254. The van der Waals surface area contributed by atoms with E-state index in [0.29, 0.717) is 6.61 Å². The van der Waals surface area contributed by atoms with Gasteiger partial charge in [0, 0.05) is 34.2 Å². The summed E-state index contributed by atoms with van der Waals surface area (Å²) in [5.41, 5.74) is 4.17. The van der Waals surface area contributed by atoms with Crippen molar-refractivity contribution >= 4 is 43.2 Å². The van der Waals surface area contributed by atoms with E-state index in [1.165, 1.54) is 17.8 Å². The van der Waals surface area contributed by atoms with Crippen molar-refractivity contribution in [2.75, 3.05) is 31.2 Å². The van der Waals surface area contributed by atoms with Gasteiger partial charge in [0.2, 0.25) is 0 Å². The summed E-state index contributed by atoms with van der Waals surface area (Å²) in [6.07, 6.45) is 0. The number of fused-ring (bicyclic) bond motifs is 3. The molecule has 180 valence electrons. The van der Waals surface area contributed by atoms with Crippen molar-refractivity contribution in [3.8, 4) is 16.9 Å². The van der Waals surface area contributed by atoms with Crippen LogP contribution in [0.4, 0.5) is 10.1 Å². The second-order valence-electron chi connectivity index (χ2n) is 9.00. The zero-order chi connectivity index (χ0) is 24.5. The Morgan fingerprint density at radius 1 is 0.778 bits per heavy atom. The highest BCUT2D eigenvalue weighted by Gasteiger charge is 2.19. The molecule has 0 bridgehead atoms. The molecular weight excluding hydrogens is 517 g/mol. The lowest BCUT2D eigenvalue weighted by atomic mass is 9.91. The number of benzene rings is 5. The minimum atomic E-state index is -0.254. The van der Waals surface area contributed by atoms with E-state index in [1.807, 2.05) is 30.3 Å². The molecule has 0 saturated carbocycles. The van der Waals surface area contributed by atoms with Gasteiger partial charge >= 0.3 is 0 Å². The highest BCUT2D eigenvalue weighted by molar-refractivity contribution is 9.10. The average Bonchev–Trinajstić information content (AvgIpc) is 2.93. The molecule has 0 radical (unpaired) electrons. The molecule has 5 aromatic rings. The summed E-state index contributed by atoms with van der Waals surface area (Å²) in [6.45, 7) is 3.67. The van der Waals surface area contributed by atoms with E-state index in [2.05, 4.69) is 69.4 Å². The van der Waals surface area contributed by atoms with Crippen LogP contribution in [0.15, 0.2) is 95.5 Å². The van der Waals surface area contributed by atoms with E-state index >= 15 is 0 Å². The summed E-state index contributed by atoms with van der Waals surface area (Å²) >= 11 is 3.50. The van der Waals surface area contributed by atoms with Gasteiger partial charge in [-0.3, -0.25) is 0 Å². The first-order valence-electron chi connectivity index (χ1n) is 12.1. The third kappa shape index (κ3) is 4.45. The third-order valence-electron chi connectivity index (χ3n) is 6.77. The Morgan fingerprint density at radius 3 is 2.25 bits per heavy atom. The van der Waals surface area contributed by atoms with Crippen molar-refractivity contribution in [1.82, 2.24) is 0 Å². The van der Waals surface area contributed by atoms with Crippen LogP contribution in [-0.4, -0.2) is 26.3 Å². The molecule has 0 atom stereocenters. The summed E-state index contributed by atoms with van der Waals surface area (Å²) in [6, 6.07) is 29.8. The van der Waals surface area contributed by atoms with E-state index in [9.17, 15) is 4.39 Å². The summed E-state index contributed by atoms with van der Waals surface area (Å²) < 4.78 is 27.1. The highest BCUT2D eigenvalue weighted by atomic mass is 79.9. The van der Waals surface area contributed by atoms with Crippen molar-refractivity contribution in [1.29, 1.82) is 0 Å². The quantitative estimate of drug-likeness (QED) is 0.210. The van der Waals surface area contributed by atoms with Gasteiger partial charge in [-0.15, -0.1) is 0 Å². The standard InChI is InChI=1S/C31H25BrFNO2/c32-23-9-5-21(6-10-23)20-36-31-28-4-2-1-3-26(28)29-19-25(34-15-17-35-18-16-34)13-14-27(29)30(31)22-7-11-24(33)12-8-22/h1-14,19H,15-18,20H2. The molecule has 1 fully saturated rings. The fraction of sp³-hybridized carbons (Fsp3) is 0.161. The summed E-state index contributed by atoms with van der Waals surface area (Å²) in [5.74, 6) is 0.558. The number of nitrogens with zero attached hydrogens (tertiary/aromatic N) is 1. The van der Waals surface area contributed by atoms with Crippen molar-refractivity contribution in [2.45, 2.75) is 6.61 Å². The van der Waals surface area contributed by atoms with Crippen LogP contribution in [0.25, 0.3) is 32.7 Å². The Labute approximate surface area is 218 Å². The molecule has 0 aliphatic carbocycles. The second kappa shape index (κ2) is 9.92. The molecule has 1 aliphatic rings. The summed E-state index contributed by atoms with van der Waals surface area (Å²) in [4.78, 5) is 2.37. The maximum Gasteiger partial charge on any atom is 0.136 e. The van der Waals surface area contributed by atoms with Crippen LogP contribution in [0, 0.1) is 5.82 Å². The first-order chi connectivity index (χ1) is 17.7. The van der Waals surface area contributed by atoms with E-state index in [-0.39, 0.29) is 5.82 Å². The molecular formula is C31H25BrFNO2. The first kappa shape index (κ1) is 23.0. The highest BCUT2D eigenvalue weighted by Crippen LogP contribution is 2.45. The zero-order valence-corrected chi connectivity index (χ0v) is 21.3. The largest absolute Gasteiger partial charge is 0.488 e. The Hall–Kier alpha value is -3.41. The molecule has 5 aromatic carbocycles. The van der Waals surface area contributed by atoms with E-state index in [4.69, 9.17) is 9.47 Å². The van der Waals surface area contributed by atoms with Crippen LogP contribution in [0.3, 0.4) is 0 Å². The second-order valence-corrected chi connectivity index (χ2v) is 9.92. The van der Waals surface area contributed by atoms with E-state index in [0.717, 1.165) is 74.8 Å². The van der Waals surface area contributed by atoms with Crippen molar-refractivity contribution < 1.29 is 13.9 Å². The number of halogens is 2. The normalized spacial score (nSPS) is 13.9. The first-order valence-corrected chi connectivity index (χ1v) is 12.9. The topological polar surface area (TPSA) is 21.7 Å². The maximum atomic E-state index is 13.9. The Bertz CT molecular complexity index is 1530. The van der Waals surface area contributed by atoms with Crippen molar-refractivity contribution in [2.24, 2.45) is 0 Å². The molecule has 36 heavy (non-hydrogen) atoms. The van der Waals surface area contributed by atoms with Crippen LogP contribution in [0.2, 0.25) is 0 Å². The van der Waals surface area contributed by atoms with Crippen LogP contribution >= 0.6 is 15.9 Å². The molecule has 6 rings (SSSR count). The fourth-order valence-electron chi connectivity index (χ4n) is 4.95. The predicted molar refractivity (Wildman–Crippen MR) is 148 cm³/mol. The van der Waals surface area contributed by atoms with Gasteiger partial charge in [-0.2, -0.15) is 0 Å². The lowest BCUT2D eigenvalue weighted by molar-refractivity contribution is 0.122. The Balaban J connectivity index is 1.56. The van der Waals surface area contributed by atoms with Gasteiger partial charge in [0.1, 0.15) is 18.2 Å². The Kier molecular flexibility index (Phi) is 6.34. The van der Waals surface area contributed by atoms with Crippen molar-refractivity contribution in [3.05, 3.63) is 107 Å². The van der Waals surface area contributed by atoms with Gasteiger partial charge in [-0.25, -0.2) is 4.39 Å². The number of morpholine rings is 1. The summed E-state index contributed by atoms with van der Waals surface area (Å²) in [7, 11) is 0. The summed E-state index contributed by atoms with van der Waals surface area (Å²) in [5, 5.41) is 4.42. The van der Waals surface area contributed by atoms with Gasteiger partial charge in [-0.05, 0) is 63.7 Å². The predicted octanol–water partition coefficient (Wildman–Crippen LogP) is 7.98. The maximum absolute atomic E-state index is 13.9. The van der Waals surface area contributed by atoms with Gasteiger partial charge in [0.15, 0.2) is 0 Å². The van der Waals surface area contributed by atoms with E-state index in [1.54, 1.807) is 0 Å². The monoisotopic (exact) mass is 541 g/mol. The fourth-order valence-corrected chi connectivity index (χ4v) is 5.22. The van der Waals surface area contributed by atoms with Crippen LogP contribution in [-0.2, 0) is 11.3 Å². The molecule has 0 spiro atoms. The molecule has 5 heteroatoms. The van der Waals surface area contributed by atoms with Gasteiger partial charge in [0.05, 0.1) is 13.2 Å². The third-order valence-corrected chi connectivity index (χ3v) is 7.30. The van der Waals surface area contributed by atoms with Crippen LogP contribution in [0.5, 0.6) is 5.75 Å². The number of hydrogen-bond donors (Lipinski definition) is 0. The van der Waals surface area contributed by atoms with Crippen LogP contribution in [0.1, 0.15) is 5.56 Å². The molecule has 0 aromatic heterocycles. The van der Waals surface area contributed by atoms with Gasteiger partial charge in [-0.1, -0.05) is 70.5 Å². The van der Waals surface area contributed by atoms with Crippen LogP contribution < -0.4 is 9.64 Å². The molecule has 0 amide bonds. The molecule has 0 unspecified atom stereocenters. The minimum Gasteiger partial charge on any atom is -0.488 e. The van der Waals surface area contributed by atoms with Gasteiger partial charge in [0.25, 0.3) is 0 Å². The lowest BCUT2D eigenvalue weighted by Gasteiger charge is -2.29. The zero-order valence-electron chi connectivity index (χ0n) is 19.7. The smallest absolute Gasteiger partial charge is 0.136 e. The SMILES string of the molecule is Fc1ccc(-c2c(OCc3ccc(Br)cc3)c3ccccc3c3cc(N4CCOCC4)ccc23)cc1. The molecule has 0 N–H and O–H groups in total. The molecule has 1 aliphatic heterocycles. The number of rotatable bonds is 5. The number of anilines is 1. The van der Waals surface area contributed by atoms with Gasteiger partial charge < -0.3 is 14.4 Å². The number of ether oxygens (including phenoxy) is 2. The average molecular weight is 542 g/mol. The molecule has 1 heterocycles. The molecule has 1 saturated heterocycles. The van der Waals surface area contributed by atoms with E-state index < -0.39 is 0 Å². The Morgan fingerprint density at radius 2 is 1.50 bits per heavy atom. The van der Waals surface area contributed by atoms with Crippen molar-refractivity contribution in [3.63, 3.8) is 0 Å². The number of hydrogen-bond acceptors (Lipinski definition) is 3. The molecule has 3 nitrogen and oxygen atoms in total.